The first-order chi connectivity index (χ1) is 10.5. The molecule has 8 heteroatoms. The van der Waals surface area contributed by atoms with E-state index >= 15 is 0 Å². The Morgan fingerprint density at radius 1 is 1.50 bits per heavy atom. The average Bonchev–Trinajstić information content (AvgIpc) is 2.77. The Hall–Kier alpha value is -1.34. The van der Waals surface area contributed by atoms with Crippen LogP contribution in [0.5, 0.6) is 11.6 Å². The second-order valence-electron chi connectivity index (χ2n) is 4.75. The van der Waals surface area contributed by atoms with Crippen molar-refractivity contribution >= 4 is 46.8 Å². The zero-order valence-corrected chi connectivity index (χ0v) is 14.3. The maximum Gasteiger partial charge on any atom is 0.491 e. The van der Waals surface area contributed by atoms with E-state index in [0.717, 1.165) is 11.0 Å². The molecule has 22 heavy (non-hydrogen) atoms. The number of nitrogens with zero attached hydrogens (tertiary/aromatic N) is 2. The molecule has 1 unspecified atom stereocenters. The fourth-order valence-corrected chi connectivity index (χ4v) is 2.93. The SMILES string of the molecule is CC1OB(O)c2ccc(Oc3nc(I)c(C#N)cc3Cl)cc21. The maximum atomic E-state index is 9.74. The lowest BCUT2D eigenvalue weighted by atomic mass is 9.79. The first kappa shape index (κ1) is 15.6. The topological polar surface area (TPSA) is 75.4 Å². The minimum atomic E-state index is -0.906. The van der Waals surface area contributed by atoms with E-state index in [-0.39, 0.29) is 17.0 Å². The molecule has 0 spiro atoms. The number of fused-ring (bicyclic) bond motifs is 1. The fourth-order valence-electron chi connectivity index (χ4n) is 2.25. The summed E-state index contributed by atoms with van der Waals surface area (Å²) in [4.78, 5) is 4.20. The summed E-state index contributed by atoms with van der Waals surface area (Å²) in [5.74, 6) is 0.773. The molecular weight excluding hydrogens is 417 g/mol. The number of halogens is 2. The third-order valence-electron chi connectivity index (χ3n) is 3.33. The van der Waals surface area contributed by atoms with Crippen molar-refractivity contribution < 1.29 is 14.4 Å². The molecule has 2 aromatic rings. The summed E-state index contributed by atoms with van der Waals surface area (Å²) in [6, 6.07) is 8.80. The van der Waals surface area contributed by atoms with Crippen LogP contribution in [0.15, 0.2) is 24.3 Å². The molecule has 1 aliphatic heterocycles. The van der Waals surface area contributed by atoms with Crippen molar-refractivity contribution in [2.75, 3.05) is 0 Å². The van der Waals surface area contributed by atoms with Gasteiger partial charge in [-0.15, -0.1) is 0 Å². The molecule has 1 aromatic heterocycles. The van der Waals surface area contributed by atoms with Crippen LogP contribution in [0.1, 0.15) is 24.2 Å². The van der Waals surface area contributed by atoms with Crippen LogP contribution >= 0.6 is 34.2 Å². The second kappa shape index (κ2) is 6.04. The first-order valence-corrected chi connectivity index (χ1v) is 7.86. The Morgan fingerprint density at radius 2 is 2.27 bits per heavy atom. The summed E-state index contributed by atoms with van der Waals surface area (Å²) in [5, 5.41) is 19.0. The molecule has 2 heterocycles. The Kier molecular flexibility index (Phi) is 4.27. The number of hydrogen-bond acceptors (Lipinski definition) is 5. The van der Waals surface area contributed by atoms with Crippen molar-refractivity contribution in [3.8, 4) is 17.7 Å². The number of nitriles is 1. The van der Waals surface area contributed by atoms with E-state index in [1.54, 1.807) is 18.2 Å². The summed E-state index contributed by atoms with van der Waals surface area (Å²) in [6.45, 7) is 1.86. The van der Waals surface area contributed by atoms with E-state index in [9.17, 15) is 5.02 Å². The Labute approximate surface area is 146 Å². The number of aromatic nitrogens is 1. The van der Waals surface area contributed by atoms with E-state index in [2.05, 4.69) is 4.98 Å². The quantitative estimate of drug-likeness (QED) is 0.454. The predicted molar refractivity (Wildman–Crippen MR) is 90.3 cm³/mol. The van der Waals surface area contributed by atoms with Gasteiger partial charge < -0.3 is 14.4 Å². The van der Waals surface area contributed by atoms with Gasteiger partial charge in [0, 0.05) is 0 Å². The highest BCUT2D eigenvalue weighted by molar-refractivity contribution is 14.1. The zero-order valence-electron chi connectivity index (χ0n) is 11.4. The lowest BCUT2D eigenvalue weighted by Crippen LogP contribution is -2.27. The fraction of sp³-hybridized carbons (Fsp3) is 0.143. The number of rotatable bonds is 2. The molecule has 0 aliphatic carbocycles. The van der Waals surface area contributed by atoms with Crippen LogP contribution in [0.25, 0.3) is 0 Å². The van der Waals surface area contributed by atoms with E-state index in [1.807, 2.05) is 35.6 Å². The average molecular weight is 426 g/mol. The van der Waals surface area contributed by atoms with Crippen LogP contribution in [-0.4, -0.2) is 17.1 Å². The van der Waals surface area contributed by atoms with Crippen molar-refractivity contribution in [2.45, 2.75) is 13.0 Å². The van der Waals surface area contributed by atoms with Gasteiger partial charge in [0.2, 0.25) is 5.88 Å². The number of benzene rings is 1. The summed E-state index contributed by atoms with van der Waals surface area (Å²) in [7, 11) is -0.906. The van der Waals surface area contributed by atoms with E-state index in [4.69, 9.17) is 26.3 Å². The molecule has 0 amide bonds. The summed E-state index contributed by atoms with van der Waals surface area (Å²) >= 11 is 8.05. The van der Waals surface area contributed by atoms with Gasteiger partial charge in [-0.3, -0.25) is 0 Å². The summed E-state index contributed by atoms with van der Waals surface area (Å²) in [6.07, 6.45) is -0.210. The Morgan fingerprint density at radius 3 is 3.00 bits per heavy atom. The molecule has 110 valence electrons. The normalized spacial score (nSPS) is 16.3. The third-order valence-corrected chi connectivity index (χ3v) is 4.42. The lowest BCUT2D eigenvalue weighted by Gasteiger charge is -2.10. The molecule has 1 aliphatic rings. The monoisotopic (exact) mass is 426 g/mol. The van der Waals surface area contributed by atoms with Gasteiger partial charge in [0.15, 0.2) is 0 Å². The second-order valence-corrected chi connectivity index (χ2v) is 6.18. The standard InChI is InChI=1S/C14H9BClIN2O3/c1-7-10-5-9(2-3-11(10)15(20)22-7)21-14-12(16)4-8(6-18)13(17)19-14/h2-5,7,20H,1H3. The van der Waals surface area contributed by atoms with Crippen molar-refractivity contribution in [1.82, 2.24) is 4.98 Å². The molecule has 0 saturated heterocycles. The molecule has 0 fully saturated rings. The van der Waals surface area contributed by atoms with Gasteiger partial charge >= 0.3 is 7.12 Å². The molecule has 3 rings (SSSR count). The van der Waals surface area contributed by atoms with Gasteiger partial charge in [0.1, 0.15) is 20.5 Å². The number of hydrogen-bond donors (Lipinski definition) is 1. The largest absolute Gasteiger partial charge is 0.491 e. The van der Waals surface area contributed by atoms with E-state index in [0.29, 0.717) is 15.0 Å². The smallest absolute Gasteiger partial charge is 0.437 e. The van der Waals surface area contributed by atoms with Gasteiger partial charge in [0.05, 0.1) is 11.7 Å². The molecule has 0 bridgehead atoms. The van der Waals surface area contributed by atoms with E-state index < -0.39 is 7.12 Å². The van der Waals surface area contributed by atoms with Crippen LogP contribution in [0.3, 0.4) is 0 Å². The highest BCUT2D eigenvalue weighted by Crippen LogP contribution is 2.32. The third kappa shape index (κ3) is 2.79. The molecule has 0 radical (unpaired) electrons. The molecule has 1 aromatic carbocycles. The van der Waals surface area contributed by atoms with Crippen LogP contribution in [0.2, 0.25) is 5.02 Å². The molecule has 0 saturated carbocycles. The van der Waals surface area contributed by atoms with Gasteiger partial charge in [-0.1, -0.05) is 17.7 Å². The number of ether oxygens (including phenoxy) is 1. The highest BCUT2D eigenvalue weighted by Gasteiger charge is 2.32. The van der Waals surface area contributed by atoms with Gasteiger partial charge in [-0.05, 0) is 58.7 Å². The lowest BCUT2D eigenvalue weighted by molar-refractivity contribution is 0.208. The van der Waals surface area contributed by atoms with Gasteiger partial charge in [-0.25, -0.2) is 4.98 Å². The zero-order chi connectivity index (χ0) is 15.9. The summed E-state index contributed by atoms with van der Waals surface area (Å²) in [5.41, 5.74) is 2.00. The van der Waals surface area contributed by atoms with Crippen LogP contribution in [0.4, 0.5) is 0 Å². The summed E-state index contributed by atoms with van der Waals surface area (Å²) < 4.78 is 11.6. The van der Waals surface area contributed by atoms with Crippen molar-refractivity contribution in [2.24, 2.45) is 0 Å². The Balaban J connectivity index is 1.94. The molecule has 1 atom stereocenters. The van der Waals surface area contributed by atoms with Crippen molar-refractivity contribution in [1.29, 1.82) is 5.26 Å². The Bertz CT molecular complexity index is 796. The minimum absolute atomic E-state index is 0.210. The van der Waals surface area contributed by atoms with Gasteiger partial charge in [-0.2, -0.15) is 5.26 Å². The van der Waals surface area contributed by atoms with Crippen LogP contribution in [-0.2, 0) is 4.65 Å². The molecule has 1 N–H and O–H groups in total. The molecular formula is C14H9BClIN2O3. The van der Waals surface area contributed by atoms with Crippen LogP contribution in [0, 0.1) is 15.0 Å². The van der Waals surface area contributed by atoms with Gasteiger partial charge in [0.25, 0.3) is 0 Å². The van der Waals surface area contributed by atoms with Crippen molar-refractivity contribution in [3.05, 3.63) is 44.1 Å². The predicted octanol–water partition coefficient (Wildman–Crippen LogP) is 2.78. The first-order valence-electron chi connectivity index (χ1n) is 6.41. The number of pyridine rings is 1. The highest BCUT2D eigenvalue weighted by atomic mass is 127. The minimum Gasteiger partial charge on any atom is -0.437 e. The van der Waals surface area contributed by atoms with Crippen LogP contribution < -0.4 is 10.2 Å². The van der Waals surface area contributed by atoms with E-state index in [1.165, 1.54) is 6.07 Å². The van der Waals surface area contributed by atoms with Crippen molar-refractivity contribution in [3.63, 3.8) is 0 Å². The maximum absolute atomic E-state index is 9.74. The molecule has 5 nitrogen and oxygen atoms in total.